The highest BCUT2D eigenvalue weighted by Gasteiger charge is 2.34. The number of halogens is 2. The van der Waals surface area contributed by atoms with Gasteiger partial charge in [-0.05, 0) is 61.0 Å². The number of aryl methyl sites for hydroxylation is 1. The van der Waals surface area contributed by atoms with Crippen LogP contribution in [0.4, 0.5) is 5.69 Å². The zero-order chi connectivity index (χ0) is 19.8. The number of hydrazine groups is 1. The van der Waals surface area contributed by atoms with E-state index in [4.69, 9.17) is 27.6 Å². The molecule has 0 bridgehead atoms. The molecule has 0 unspecified atom stereocenters. The van der Waals surface area contributed by atoms with Crippen molar-refractivity contribution in [3.63, 3.8) is 0 Å². The van der Waals surface area contributed by atoms with Gasteiger partial charge in [0.25, 0.3) is 11.8 Å². The molecule has 140 valence electrons. The molecular formula is C21H14Cl2N2O3. The summed E-state index contributed by atoms with van der Waals surface area (Å²) in [6.07, 6.45) is 1.42. The zero-order valence-corrected chi connectivity index (χ0v) is 16.2. The highest BCUT2D eigenvalue weighted by atomic mass is 35.5. The molecule has 2 heterocycles. The van der Waals surface area contributed by atoms with Gasteiger partial charge in [-0.3, -0.25) is 15.0 Å². The fourth-order valence-electron chi connectivity index (χ4n) is 2.80. The molecule has 0 spiro atoms. The maximum absolute atomic E-state index is 12.6. The summed E-state index contributed by atoms with van der Waals surface area (Å²) in [4.78, 5) is 24.9. The predicted octanol–water partition coefficient (Wildman–Crippen LogP) is 5.02. The van der Waals surface area contributed by atoms with Crippen molar-refractivity contribution in [3.05, 3.63) is 81.5 Å². The van der Waals surface area contributed by atoms with Crippen LogP contribution in [0.2, 0.25) is 10.0 Å². The van der Waals surface area contributed by atoms with E-state index in [1.807, 2.05) is 25.1 Å². The average Bonchev–Trinajstić information content (AvgIpc) is 3.25. The second-order valence-corrected chi connectivity index (χ2v) is 7.13. The monoisotopic (exact) mass is 412 g/mol. The molecule has 1 fully saturated rings. The number of amides is 2. The van der Waals surface area contributed by atoms with Crippen molar-refractivity contribution in [2.75, 3.05) is 5.01 Å². The third kappa shape index (κ3) is 3.42. The van der Waals surface area contributed by atoms with Gasteiger partial charge in [0.05, 0.1) is 5.69 Å². The number of anilines is 1. The molecule has 1 aliphatic rings. The van der Waals surface area contributed by atoms with Gasteiger partial charge in [-0.15, -0.1) is 0 Å². The summed E-state index contributed by atoms with van der Waals surface area (Å²) in [6.45, 7) is 1.92. The molecule has 1 aromatic heterocycles. The van der Waals surface area contributed by atoms with Crippen LogP contribution in [0.25, 0.3) is 17.4 Å². The fourth-order valence-corrected chi connectivity index (χ4v) is 3.11. The van der Waals surface area contributed by atoms with Crippen molar-refractivity contribution < 1.29 is 14.0 Å². The molecule has 1 N–H and O–H groups in total. The molecule has 0 radical (unpaired) electrons. The Morgan fingerprint density at radius 1 is 1.00 bits per heavy atom. The third-order valence-corrected chi connectivity index (χ3v) is 5.01. The minimum Gasteiger partial charge on any atom is -0.457 e. The average molecular weight is 413 g/mol. The lowest BCUT2D eigenvalue weighted by Crippen LogP contribution is -2.35. The number of nitrogens with one attached hydrogen (secondary N) is 1. The maximum Gasteiger partial charge on any atom is 0.282 e. The van der Waals surface area contributed by atoms with Crippen LogP contribution >= 0.6 is 23.2 Å². The second-order valence-electron chi connectivity index (χ2n) is 6.28. The van der Waals surface area contributed by atoms with E-state index in [0.29, 0.717) is 27.3 Å². The fraction of sp³-hybridized carbons (Fsp3) is 0.0476. The first-order chi connectivity index (χ1) is 13.4. The highest BCUT2D eigenvalue weighted by Crippen LogP contribution is 2.28. The normalized spacial score (nSPS) is 15.4. The molecular weight excluding hydrogens is 399 g/mol. The summed E-state index contributed by atoms with van der Waals surface area (Å²) in [5, 5.41) is 2.35. The Balaban J connectivity index is 1.61. The number of carbonyl (C=O) groups excluding carboxylic acids is 2. The summed E-state index contributed by atoms with van der Waals surface area (Å²) in [7, 11) is 0. The Bertz CT molecular complexity index is 1120. The largest absolute Gasteiger partial charge is 0.457 e. The van der Waals surface area contributed by atoms with E-state index < -0.39 is 11.8 Å². The van der Waals surface area contributed by atoms with Crippen molar-refractivity contribution in [2.24, 2.45) is 0 Å². The molecule has 1 saturated heterocycles. The van der Waals surface area contributed by atoms with Crippen LogP contribution in [0.1, 0.15) is 11.3 Å². The van der Waals surface area contributed by atoms with Gasteiger partial charge in [0, 0.05) is 15.6 Å². The van der Waals surface area contributed by atoms with E-state index in [-0.39, 0.29) is 5.57 Å². The molecule has 0 aliphatic carbocycles. The SMILES string of the molecule is Cc1ccc(-c2ccc(C=C3C(=O)NN(c4ccc(Cl)cc4)C3=O)o2)cc1Cl. The van der Waals surface area contributed by atoms with Crippen LogP contribution in [-0.4, -0.2) is 11.8 Å². The summed E-state index contributed by atoms with van der Waals surface area (Å²) in [5.74, 6) is 0.0113. The topological polar surface area (TPSA) is 62.6 Å². The van der Waals surface area contributed by atoms with Gasteiger partial charge >= 0.3 is 0 Å². The predicted molar refractivity (Wildman–Crippen MR) is 109 cm³/mol. The molecule has 1 aliphatic heterocycles. The van der Waals surface area contributed by atoms with Gasteiger partial charge in [-0.1, -0.05) is 35.3 Å². The number of benzene rings is 2. The summed E-state index contributed by atoms with van der Waals surface area (Å²) in [5.41, 5.74) is 4.81. The van der Waals surface area contributed by atoms with Crippen molar-refractivity contribution in [3.8, 4) is 11.3 Å². The van der Waals surface area contributed by atoms with Gasteiger partial charge < -0.3 is 4.42 Å². The van der Waals surface area contributed by atoms with Crippen LogP contribution in [-0.2, 0) is 9.59 Å². The maximum atomic E-state index is 12.6. The van der Waals surface area contributed by atoms with Crippen LogP contribution in [0.15, 0.2) is 64.6 Å². The standard InChI is InChI=1S/C21H14Cl2N2O3/c1-12-2-3-13(10-18(12)23)19-9-8-16(28-19)11-17-20(26)24-25(21(17)27)15-6-4-14(22)5-7-15/h2-11H,1H3,(H,24,26). The van der Waals surface area contributed by atoms with Crippen molar-refractivity contribution in [1.29, 1.82) is 0 Å². The van der Waals surface area contributed by atoms with Gasteiger partial charge in [0.2, 0.25) is 0 Å². The minimum atomic E-state index is -0.503. The van der Waals surface area contributed by atoms with Crippen LogP contribution in [0.5, 0.6) is 0 Å². The molecule has 2 aromatic carbocycles. The molecule has 28 heavy (non-hydrogen) atoms. The van der Waals surface area contributed by atoms with Crippen molar-refractivity contribution >= 4 is 46.8 Å². The van der Waals surface area contributed by atoms with Gasteiger partial charge in [0.15, 0.2) is 0 Å². The smallest absolute Gasteiger partial charge is 0.282 e. The van der Waals surface area contributed by atoms with Gasteiger partial charge in [0.1, 0.15) is 17.1 Å². The van der Waals surface area contributed by atoms with Crippen LogP contribution in [0.3, 0.4) is 0 Å². The molecule has 0 atom stereocenters. The summed E-state index contributed by atoms with van der Waals surface area (Å²) in [6, 6.07) is 15.6. The molecule has 2 amide bonds. The van der Waals surface area contributed by atoms with Gasteiger partial charge in [-0.25, -0.2) is 5.01 Å². The zero-order valence-electron chi connectivity index (χ0n) is 14.7. The number of nitrogens with zero attached hydrogens (tertiary/aromatic N) is 1. The molecule has 0 saturated carbocycles. The van der Waals surface area contributed by atoms with E-state index in [9.17, 15) is 9.59 Å². The number of hydrogen-bond acceptors (Lipinski definition) is 3. The first-order valence-corrected chi connectivity index (χ1v) is 9.17. The van der Waals surface area contributed by atoms with Crippen LogP contribution < -0.4 is 10.4 Å². The lowest BCUT2D eigenvalue weighted by Gasteiger charge is -2.14. The molecule has 5 nitrogen and oxygen atoms in total. The first-order valence-electron chi connectivity index (χ1n) is 8.41. The Kier molecular flexibility index (Phi) is 4.71. The molecule has 7 heteroatoms. The highest BCUT2D eigenvalue weighted by molar-refractivity contribution is 6.32. The van der Waals surface area contributed by atoms with E-state index >= 15 is 0 Å². The van der Waals surface area contributed by atoms with E-state index in [1.54, 1.807) is 36.4 Å². The third-order valence-electron chi connectivity index (χ3n) is 4.35. The van der Waals surface area contributed by atoms with E-state index in [1.165, 1.54) is 11.1 Å². The summed E-state index contributed by atoms with van der Waals surface area (Å²) >= 11 is 12.0. The van der Waals surface area contributed by atoms with E-state index in [0.717, 1.165) is 11.1 Å². The van der Waals surface area contributed by atoms with Crippen LogP contribution in [0, 0.1) is 6.92 Å². The lowest BCUT2D eigenvalue weighted by molar-refractivity contribution is -0.117. The summed E-state index contributed by atoms with van der Waals surface area (Å²) < 4.78 is 5.78. The Morgan fingerprint density at radius 3 is 2.46 bits per heavy atom. The second kappa shape index (κ2) is 7.19. The minimum absolute atomic E-state index is 0.0159. The van der Waals surface area contributed by atoms with E-state index in [2.05, 4.69) is 5.43 Å². The Morgan fingerprint density at radius 2 is 1.75 bits per heavy atom. The van der Waals surface area contributed by atoms with Crippen molar-refractivity contribution in [2.45, 2.75) is 6.92 Å². The quantitative estimate of drug-likeness (QED) is 0.484. The Labute approximate surface area is 171 Å². The number of furan rings is 1. The lowest BCUT2D eigenvalue weighted by atomic mass is 10.1. The Hall–Kier alpha value is -3.02. The first kappa shape index (κ1) is 18.3. The number of carbonyl (C=O) groups is 2. The number of rotatable bonds is 3. The molecule has 3 aromatic rings. The molecule has 4 rings (SSSR count). The number of hydrogen-bond donors (Lipinski definition) is 1. The van der Waals surface area contributed by atoms with Crippen molar-refractivity contribution in [1.82, 2.24) is 5.43 Å². The van der Waals surface area contributed by atoms with Gasteiger partial charge in [-0.2, -0.15) is 0 Å².